The van der Waals surface area contributed by atoms with Crippen molar-refractivity contribution in [1.82, 2.24) is 5.32 Å². The molecular weight excluding hydrogens is 380 g/mol. The number of urea groups is 1. The second kappa shape index (κ2) is 10.6. The molecule has 0 saturated carbocycles. The Morgan fingerprint density at radius 1 is 1.07 bits per heavy atom. The third kappa shape index (κ3) is 5.51. The van der Waals surface area contributed by atoms with Crippen LogP contribution in [0.15, 0.2) is 42.5 Å². The standard InChI is InChI=1S/C23H30N4O3/c1-3-17-8-4-5-9-20(17)26-23(29)25-18-10-11-21(27-13-6-7-14-27)19(16-18)22(28)24-12-15-30-2/h4-5,8-11,16H,3,6-7,12-15H2,1-2H3,(H,24,28)(H2,25,26,29). The molecule has 0 atom stereocenters. The van der Waals surface area contributed by atoms with Gasteiger partial charge in [-0.25, -0.2) is 4.79 Å². The molecule has 7 nitrogen and oxygen atoms in total. The Morgan fingerprint density at radius 2 is 1.83 bits per heavy atom. The van der Waals surface area contributed by atoms with E-state index in [9.17, 15) is 9.59 Å². The smallest absolute Gasteiger partial charge is 0.323 e. The molecule has 3 amide bonds. The lowest BCUT2D eigenvalue weighted by atomic mass is 10.1. The second-order valence-corrected chi connectivity index (χ2v) is 7.26. The van der Waals surface area contributed by atoms with Crippen molar-refractivity contribution in [2.24, 2.45) is 0 Å². The van der Waals surface area contributed by atoms with E-state index in [-0.39, 0.29) is 11.9 Å². The van der Waals surface area contributed by atoms with E-state index >= 15 is 0 Å². The Bertz CT molecular complexity index is 879. The van der Waals surface area contributed by atoms with Crippen molar-refractivity contribution < 1.29 is 14.3 Å². The first-order chi connectivity index (χ1) is 14.6. The minimum atomic E-state index is -0.337. The van der Waals surface area contributed by atoms with Gasteiger partial charge in [-0.2, -0.15) is 0 Å². The van der Waals surface area contributed by atoms with Gasteiger partial charge in [-0.3, -0.25) is 4.79 Å². The number of ether oxygens (including phenoxy) is 1. The van der Waals surface area contributed by atoms with Crippen molar-refractivity contribution in [3.8, 4) is 0 Å². The first kappa shape index (κ1) is 21.6. The molecule has 0 aliphatic carbocycles. The summed E-state index contributed by atoms with van der Waals surface area (Å²) in [6.07, 6.45) is 3.06. The summed E-state index contributed by atoms with van der Waals surface area (Å²) in [6.45, 7) is 4.78. The van der Waals surface area contributed by atoms with E-state index < -0.39 is 0 Å². The number of benzene rings is 2. The molecule has 1 aliphatic rings. The van der Waals surface area contributed by atoms with Crippen molar-refractivity contribution in [3.05, 3.63) is 53.6 Å². The van der Waals surface area contributed by atoms with Crippen LogP contribution >= 0.6 is 0 Å². The molecular formula is C23H30N4O3. The molecule has 2 aromatic rings. The highest BCUT2D eigenvalue weighted by Gasteiger charge is 2.20. The van der Waals surface area contributed by atoms with Crippen LogP contribution in [0.5, 0.6) is 0 Å². The molecule has 1 fully saturated rings. The largest absolute Gasteiger partial charge is 0.383 e. The minimum absolute atomic E-state index is 0.172. The van der Waals surface area contributed by atoms with E-state index in [1.165, 1.54) is 0 Å². The summed E-state index contributed by atoms with van der Waals surface area (Å²) in [5.41, 5.74) is 3.87. The molecule has 3 N–H and O–H groups in total. The fourth-order valence-electron chi connectivity index (χ4n) is 3.63. The summed E-state index contributed by atoms with van der Waals surface area (Å²) in [6, 6.07) is 12.9. The van der Waals surface area contributed by atoms with Crippen LogP contribution in [0.4, 0.5) is 21.9 Å². The van der Waals surface area contributed by atoms with Gasteiger partial charge in [0.05, 0.1) is 12.2 Å². The molecule has 0 bridgehead atoms. The highest BCUT2D eigenvalue weighted by Crippen LogP contribution is 2.28. The van der Waals surface area contributed by atoms with E-state index in [1.807, 2.05) is 43.3 Å². The van der Waals surface area contributed by atoms with Crippen LogP contribution in [0.3, 0.4) is 0 Å². The van der Waals surface area contributed by atoms with Crippen LogP contribution in [0.25, 0.3) is 0 Å². The number of amides is 3. The average molecular weight is 411 g/mol. The zero-order chi connectivity index (χ0) is 21.3. The fourth-order valence-corrected chi connectivity index (χ4v) is 3.63. The van der Waals surface area contributed by atoms with E-state index in [2.05, 4.69) is 20.9 Å². The molecule has 30 heavy (non-hydrogen) atoms. The Kier molecular flexibility index (Phi) is 7.68. The van der Waals surface area contributed by atoms with E-state index in [0.717, 1.165) is 49.3 Å². The van der Waals surface area contributed by atoms with Gasteiger partial charge in [-0.05, 0) is 49.1 Å². The monoisotopic (exact) mass is 410 g/mol. The van der Waals surface area contributed by atoms with Crippen LogP contribution in [0.1, 0.15) is 35.7 Å². The maximum Gasteiger partial charge on any atom is 0.323 e. The van der Waals surface area contributed by atoms with Gasteiger partial charge in [0.25, 0.3) is 5.91 Å². The quantitative estimate of drug-likeness (QED) is 0.577. The number of nitrogens with one attached hydrogen (secondary N) is 3. The zero-order valence-electron chi connectivity index (χ0n) is 17.7. The lowest BCUT2D eigenvalue weighted by Gasteiger charge is -2.22. The number of carbonyl (C=O) groups excluding carboxylic acids is 2. The van der Waals surface area contributed by atoms with Gasteiger partial charge in [0, 0.05) is 43.8 Å². The van der Waals surface area contributed by atoms with Crippen molar-refractivity contribution in [2.45, 2.75) is 26.2 Å². The van der Waals surface area contributed by atoms with Gasteiger partial charge < -0.3 is 25.6 Å². The molecule has 1 saturated heterocycles. The predicted molar refractivity (Wildman–Crippen MR) is 121 cm³/mol. The molecule has 0 unspecified atom stereocenters. The topological polar surface area (TPSA) is 82.7 Å². The molecule has 2 aromatic carbocycles. The van der Waals surface area contributed by atoms with Gasteiger partial charge in [0.2, 0.25) is 0 Å². The fraction of sp³-hybridized carbons (Fsp3) is 0.391. The molecule has 0 aromatic heterocycles. The maximum absolute atomic E-state index is 12.8. The molecule has 0 radical (unpaired) electrons. The molecule has 3 rings (SSSR count). The lowest BCUT2D eigenvalue weighted by molar-refractivity contribution is 0.0937. The number of methoxy groups -OCH3 is 1. The zero-order valence-corrected chi connectivity index (χ0v) is 17.7. The summed E-state index contributed by atoms with van der Waals surface area (Å²) in [7, 11) is 1.60. The summed E-state index contributed by atoms with van der Waals surface area (Å²) < 4.78 is 5.02. The normalized spacial score (nSPS) is 13.2. The van der Waals surface area contributed by atoms with E-state index in [0.29, 0.717) is 24.4 Å². The number of aryl methyl sites for hydroxylation is 1. The highest BCUT2D eigenvalue weighted by atomic mass is 16.5. The number of hydrogen-bond acceptors (Lipinski definition) is 4. The van der Waals surface area contributed by atoms with Gasteiger partial charge >= 0.3 is 6.03 Å². The van der Waals surface area contributed by atoms with Crippen molar-refractivity contribution in [1.29, 1.82) is 0 Å². The molecule has 1 aliphatic heterocycles. The van der Waals surface area contributed by atoms with Crippen molar-refractivity contribution in [2.75, 3.05) is 48.9 Å². The predicted octanol–water partition coefficient (Wildman–Crippen LogP) is 3.87. The van der Waals surface area contributed by atoms with Gasteiger partial charge in [0.15, 0.2) is 0 Å². The minimum Gasteiger partial charge on any atom is -0.383 e. The van der Waals surface area contributed by atoms with Crippen molar-refractivity contribution >= 4 is 29.0 Å². The molecule has 160 valence electrons. The van der Waals surface area contributed by atoms with Crippen LogP contribution in [0, 0.1) is 0 Å². The van der Waals surface area contributed by atoms with Crippen molar-refractivity contribution in [3.63, 3.8) is 0 Å². The number of para-hydroxylation sites is 1. The maximum atomic E-state index is 12.8. The van der Waals surface area contributed by atoms with Crippen LogP contribution < -0.4 is 20.9 Å². The second-order valence-electron chi connectivity index (χ2n) is 7.26. The number of carbonyl (C=O) groups is 2. The Balaban J connectivity index is 1.76. The number of nitrogens with zero attached hydrogens (tertiary/aromatic N) is 1. The van der Waals surface area contributed by atoms with E-state index in [1.54, 1.807) is 13.2 Å². The van der Waals surface area contributed by atoms with Crippen LogP contribution in [-0.2, 0) is 11.2 Å². The third-order valence-corrected chi connectivity index (χ3v) is 5.18. The SMILES string of the molecule is CCc1ccccc1NC(=O)Nc1ccc(N2CCCC2)c(C(=O)NCCOC)c1. The molecule has 1 heterocycles. The number of hydrogen-bond donors (Lipinski definition) is 3. The third-order valence-electron chi connectivity index (χ3n) is 5.18. The number of rotatable bonds is 8. The lowest BCUT2D eigenvalue weighted by Crippen LogP contribution is -2.30. The first-order valence-corrected chi connectivity index (χ1v) is 10.4. The molecule has 0 spiro atoms. The summed E-state index contributed by atoms with van der Waals surface area (Å²) in [5.74, 6) is -0.172. The highest BCUT2D eigenvalue weighted by molar-refractivity contribution is 6.04. The van der Waals surface area contributed by atoms with Crippen LogP contribution in [-0.4, -0.2) is 45.3 Å². The Morgan fingerprint density at radius 3 is 2.57 bits per heavy atom. The Hall–Kier alpha value is -3.06. The van der Waals surface area contributed by atoms with Gasteiger partial charge in [0.1, 0.15) is 0 Å². The van der Waals surface area contributed by atoms with Gasteiger partial charge in [-0.1, -0.05) is 25.1 Å². The summed E-state index contributed by atoms with van der Waals surface area (Å²) in [4.78, 5) is 27.5. The Labute approximate surface area is 177 Å². The first-order valence-electron chi connectivity index (χ1n) is 10.4. The summed E-state index contributed by atoms with van der Waals surface area (Å²) >= 11 is 0. The number of anilines is 3. The van der Waals surface area contributed by atoms with Gasteiger partial charge in [-0.15, -0.1) is 0 Å². The average Bonchev–Trinajstić information content (AvgIpc) is 3.29. The molecule has 7 heteroatoms. The summed E-state index contributed by atoms with van der Waals surface area (Å²) in [5, 5.41) is 8.62. The van der Waals surface area contributed by atoms with Crippen LogP contribution in [0.2, 0.25) is 0 Å². The van der Waals surface area contributed by atoms with E-state index in [4.69, 9.17) is 4.74 Å².